The van der Waals surface area contributed by atoms with E-state index in [1.807, 2.05) is 18.2 Å². The highest BCUT2D eigenvalue weighted by Crippen LogP contribution is 2.45. The topological polar surface area (TPSA) is 35.2 Å². The maximum atomic E-state index is 6.07. The molecule has 0 saturated heterocycles. The standard InChI is InChI=1S/C13H18BrNO/c1-16-13(9-5-4-8-12(13)14)10-6-2-3-7-11(10)15/h2-3,6-7,12H,4-5,8-9,15H2,1H3. The second kappa shape index (κ2) is 4.76. The maximum absolute atomic E-state index is 6.07. The van der Waals surface area contributed by atoms with Gasteiger partial charge in [0, 0.05) is 23.2 Å². The minimum Gasteiger partial charge on any atom is -0.398 e. The predicted octanol–water partition coefficient (Wildman–Crippen LogP) is 3.45. The number of alkyl halides is 1. The molecule has 1 aromatic carbocycles. The molecule has 1 aliphatic carbocycles. The van der Waals surface area contributed by atoms with E-state index in [9.17, 15) is 0 Å². The summed E-state index contributed by atoms with van der Waals surface area (Å²) >= 11 is 3.76. The van der Waals surface area contributed by atoms with Crippen LogP contribution >= 0.6 is 15.9 Å². The van der Waals surface area contributed by atoms with E-state index >= 15 is 0 Å². The van der Waals surface area contributed by atoms with Crippen LogP contribution in [0.4, 0.5) is 5.69 Å². The molecule has 1 fully saturated rings. The molecule has 1 aromatic rings. The van der Waals surface area contributed by atoms with Crippen LogP contribution in [-0.4, -0.2) is 11.9 Å². The highest BCUT2D eigenvalue weighted by atomic mass is 79.9. The maximum Gasteiger partial charge on any atom is 0.107 e. The smallest absolute Gasteiger partial charge is 0.107 e. The van der Waals surface area contributed by atoms with Crippen molar-refractivity contribution in [1.29, 1.82) is 0 Å². The molecule has 2 N–H and O–H groups in total. The normalized spacial score (nSPS) is 30.2. The van der Waals surface area contributed by atoms with Gasteiger partial charge in [-0.3, -0.25) is 0 Å². The van der Waals surface area contributed by atoms with Gasteiger partial charge in [0.2, 0.25) is 0 Å². The molecule has 1 aliphatic rings. The summed E-state index contributed by atoms with van der Waals surface area (Å²) in [5.41, 5.74) is 7.78. The van der Waals surface area contributed by atoms with Gasteiger partial charge < -0.3 is 10.5 Å². The van der Waals surface area contributed by atoms with Gasteiger partial charge in [-0.05, 0) is 18.9 Å². The fraction of sp³-hybridized carbons (Fsp3) is 0.538. The number of nitrogens with two attached hydrogens (primary N) is 1. The Morgan fingerprint density at radius 2 is 2.12 bits per heavy atom. The fourth-order valence-corrected chi connectivity index (χ4v) is 3.61. The monoisotopic (exact) mass is 283 g/mol. The third-order valence-electron chi connectivity index (χ3n) is 3.54. The van der Waals surface area contributed by atoms with E-state index in [2.05, 4.69) is 22.0 Å². The number of halogens is 1. The molecule has 2 atom stereocenters. The first-order chi connectivity index (χ1) is 7.70. The van der Waals surface area contributed by atoms with Gasteiger partial charge in [0.25, 0.3) is 0 Å². The number of ether oxygens (including phenoxy) is 1. The largest absolute Gasteiger partial charge is 0.398 e. The summed E-state index contributed by atoms with van der Waals surface area (Å²) in [5, 5.41) is 0. The Morgan fingerprint density at radius 3 is 2.75 bits per heavy atom. The van der Waals surface area contributed by atoms with Crippen LogP contribution in [0.3, 0.4) is 0 Å². The molecule has 0 bridgehead atoms. The SMILES string of the molecule is COC1(c2ccccc2N)CCCCC1Br. The van der Waals surface area contributed by atoms with Crippen LogP contribution in [-0.2, 0) is 10.3 Å². The summed E-state index contributed by atoms with van der Waals surface area (Å²) < 4.78 is 5.83. The molecule has 16 heavy (non-hydrogen) atoms. The van der Waals surface area contributed by atoms with Crippen molar-refractivity contribution in [2.75, 3.05) is 12.8 Å². The van der Waals surface area contributed by atoms with Gasteiger partial charge in [0.15, 0.2) is 0 Å². The first-order valence-electron chi connectivity index (χ1n) is 5.75. The Balaban J connectivity index is 2.44. The molecule has 0 spiro atoms. The molecule has 3 heteroatoms. The average molecular weight is 284 g/mol. The Labute approximate surface area is 105 Å². The van der Waals surface area contributed by atoms with E-state index in [0.717, 1.165) is 24.1 Å². The third kappa shape index (κ3) is 1.87. The van der Waals surface area contributed by atoms with Crippen LogP contribution in [0.1, 0.15) is 31.2 Å². The molecule has 0 amide bonds. The average Bonchev–Trinajstić information content (AvgIpc) is 2.31. The van der Waals surface area contributed by atoms with Crippen LogP contribution in [0, 0.1) is 0 Å². The van der Waals surface area contributed by atoms with Crippen LogP contribution < -0.4 is 5.73 Å². The van der Waals surface area contributed by atoms with Gasteiger partial charge in [-0.25, -0.2) is 0 Å². The molecule has 0 heterocycles. The quantitative estimate of drug-likeness (QED) is 0.667. The summed E-state index contributed by atoms with van der Waals surface area (Å²) in [6.07, 6.45) is 4.63. The number of hydrogen-bond acceptors (Lipinski definition) is 2. The lowest BCUT2D eigenvalue weighted by Crippen LogP contribution is -2.41. The van der Waals surface area contributed by atoms with Crippen molar-refractivity contribution in [1.82, 2.24) is 0 Å². The van der Waals surface area contributed by atoms with Gasteiger partial charge in [0.05, 0.1) is 0 Å². The first-order valence-corrected chi connectivity index (χ1v) is 6.66. The van der Waals surface area contributed by atoms with Crippen LogP contribution in [0.5, 0.6) is 0 Å². The van der Waals surface area contributed by atoms with Crippen molar-refractivity contribution in [2.24, 2.45) is 0 Å². The van der Waals surface area contributed by atoms with Gasteiger partial charge in [-0.15, -0.1) is 0 Å². The molecule has 0 radical (unpaired) electrons. The van der Waals surface area contributed by atoms with E-state index in [-0.39, 0.29) is 5.60 Å². The first kappa shape index (κ1) is 11.9. The van der Waals surface area contributed by atoms with Gasteiger partial charge in [-0.1, -0.05) is 47.0 Å². The summed E-state index contributed by atoms with van der Waals surface area (Å²) in [7, 11) is 1.78. The van der Waals surface area contributed by atoms with E-state index in [1.54, 1.807) is 7.11 Å². The molecule has 0 aliphatic heterocycles. The van der Waals surface area contributed by atoms with Gasteiger partial charge in [0.1, 0.15) is 5.60 Å². The number of hydrogen-bond donors (Lipinski definition) is 1. The molecule has 2 unspecified atom stereocenters. The minimum absolute atomic E-state index is 0.246. The molecule has 0 aromatic heterocycles. The van der Waals surface area contributed by atoms with E-state index in [0.29, 0.717) is 4.83 Å². The van der Waals surface area contributed by atoms with Crippen LogP contribution in [0.2, 0.25) is 0 Å². The van der Waals surface area contributed by atoms with Crippen molar-refractivity contribution in [2.45, 2.75) is 36.1 Å². The molecular formula is C13H18BrNO. The van der Waals surface area contributed by atoms with Gasteiger partial charge in [-0.2, -0.15) is 0 Å². The highest BCUT2D eigenvalue weighted by molar-refractivity contribution is 9.09. The third-order valence-corrected chi connectivity index (χ3v) is 4.74. The van der Waals surface area contributed by atoms with E-state index < -0.39 is 0 Å². The number of methoxy groups -OCH3 is 1. The minimum atomic E-state index is -0.246. The Kier molecular flexibility index (Phi) is 3.55. The van der Waals surface area contributed by atoms with Gasteiger partial charge >= 0.3 is 0 Å². The van der Waals surface area contributed by atoms with E-state index in [1.165, 1.54) is 12.8 Å². The zero-order chi connectivity index (χ0) is 11.6. The summed E-state index contributed by atoms with van der Waals surface area (Å²) in [5.74, 6) is 0. The zero-order valence-electron chi connectivity index (χ0n) is 9.58. The summed E-state index contributed by atoms with van der Waals surface area (Å²) in [6.45, 7) is 0. The number of nitrogen functional groups attached to an aromatic ring is 1. The zero-order valence-corrected chi connectivity index (χ0v) is 11.2. The van der Waals surface area contributed by atoms with E-state index in [4.69, 9.17) is 10.5 Å². The van der Waals surface area contributed by atoms with Crippen molar-refractivity contribution < 1.29 is 4.74 Å². The lowest BCUT2D eigenvalue weighted by molar-refractivity contribution is -0.0363. The molecular weight excluding hydrogens is 266 g/mol. The lowest BCUT2D eigenvalue weighted by Gasteiger charge is -2.41. The fourth-order valence-electron chi connectivity index (χ4n) is 2.63. The number of rotatable bonds is 2. The Morgan fingerprint density at radius 1 is 1.38 bits per heavy atom. The highest BCUT2D eigenvalue weighted by Gasteiger charge is 2.42. The van der Waals surface area contributed by atoms with Crippen LogP contribution in [0.25, 0.3) is 0 Å². The van der Waals surface area contributed by atoms with Crippen molar-refractivity contribution in [3.63, 3.8) is 0 Å². The summed E-state index contributed by atoms with van der Waals surface area (Å²) in [4.78, 5) is 0.350. The van der Waals surface area contributed by atoms with Crippen LogP contribution in [0.15, 0.2) is 24.3 Å². The Bertz CT molecular complexity index is 369. The molecule has 2 nitrogen and oxygen atoms in total. The van der Waals surface area contributed by atoms with Crippen molar-refractivity contribution in [3.8, 4) is 0 Å². The number of para-hydroxylation sites is 1. The molecule has 2 rings (SSSR count). The molecule has 1 saturated carbocycles. The lowest BCUT2D eigenvalue weighted by atomic mass is 9.78. The predicted molar refractivity (Wildman–Crippen MR) is 70.7 cm³/mol. The molecule has 88 valence electrons. The Hall–Kier alpha value is -0.540. The van der Waals surface area contributed by atoms with Crippen molar-refractivity contribution >= 4 is 21.6 Å². The second-order valence-corrected chi connectivity index (χ2v) is 5.50. The number of benzene rings is 1. The number of anilines is 1. The second-order valence-electron chi connectivity index (χ2n) is 4.39. The summed E-state index contributed by atoms with van der Waals surface area (Å²) in [6, 6.07) is 8.03. The van der Waals surface area contributed by atoms with Crippen molar-refractivity contribution in [3.05, 3.63) is 29.8 Å².